The third kappa shape index (κ3) is 4.60. The first-order valence-corrected chi connectivity index (χ1v) is 13.8. The molecule has 4 aromatic rings. The minimum Gasteiger partial charge on any atom is -0.326 e. The number of para-hydroxylation sites is 1. The van der Waals surface area contributed by atoms with Crippen molar-refractivity contribution < 1.29 is 16.8 Å². The van der Waals surface area contributed by atoms with Gasteiger partial charge in [-0.2, -0.15) is 5.10 Å². The van der Waals surface area contributed by atoms with Gasteiger partial charge in [0.1, 0.15) is 15.7 Å². The summed E-state index contributed by atoms with van der Waals surface area (Å²) in [5, 5.41) is 5.47. The average molecular weight is 481 g/mol. The molecule has 0 aliphatic rings. The van der Waals surface area contributed by atoms with Crippen LogP contribution >= 0.6 is 11.6 Å². The molecule has 2 heterocycles. The normalized spacial score (nSPS) is 12.7. The van der Waals surface area contributed by atoms with Gasteiger partial charge in [0.2, 0.25) is 0 Å². The highest BCUT2D eigenvalue weighted by molar-refractivity contribution is 7.91. The number of hydrogen-bond acceptors (Lipinski definition) is 6. The molecule has 0 saturated carbocycles. The number of fused-ring (bicyclic) bond motifs is 2. The van der Waals surface area contributed by atoms with E-state index in [9.17, 15) is 16.8 Å². The van der Waals surface area contributed by atoms with Crippen LogP contribution in [0.5, 0.6) is 0 Å². The zero-order chi connectivity index (χ0) is 22.4. The van der Waals surface area contributed by atoms with Gasteiger partial charge >= 0.3 is 0 Å². The second-order valence-corrected chi connectivity index (χ2v) is 12.2. The van der Waals surface area contributed by atoms with E-state index in [0.29, 0.717) is 40.2 Å². The number of halogens is 1. The molecule has 0 aliphatic carbocycles. The first kappa shape index (κ1) is 21.8. The van der Waals surface area contributed by atoms with Crippen molar-refractivity contribution in [1.29, 1.82) is 0 Å². The van der Waals surface area contributed by atoms with Crippen molar-refractivity contribution >= 4 is 53.2 Å². The van der Waals surface area contributed by atoms with Crippen LogP contribution in [0.3, 0.4) is 0 Å². The highest BCUT2D eigenvalue weighted by Crippen LogP contribution is 2.25. The molecule has 8 nitrogen and oxygen atoms in total. The van der Waals surface area contributed by atoms with Crippen LogP contribution in [-0.4, -0.2) is 54.4 Å². The summed E-state index contributed by atoms with van der Waals surface area (Å²) in [7, 11) is -6.61. The van der Waals surface area contributed by atoms with Gasteiger partial charge in [-0.3, -0.25) is 4.68 Å². The Labute approximate surface area is 185 Å². The molecule has 0 N–H and O–H groups in total. The number of sulfone groups is 2. The molecule has 0 spiro atoms. The quantitative estimate of drug-likeness (QED) is 0.403. The Morgan fingerprint density at radius 3 is 2.45 bits per heavy atom. The summed E-state index contributed by atoms with van der Waals surface area (Å²) in [6.07, 6.45) is 2.77. The van der Waals surface area contributed by atoms with E-state index in [4.69, 9.17) is 11.6 Å². The van der Waals surface area contributed by atoms with E-state index < -0.39 is 19.7 Å². The van der Waals surface area contributed by atoms with Crippen molar-refractivity contribution in [2.45, 2.75) is 24.5 Å². The smallest absolute Gasteiger partial charge is 0.195 e. The molecule has 4 rings (SSSR count). The van der Waals surface area contributed by atoms with Crippen molar-refractivity contribution in [3.05, 3.63) is 53.3 Å². The zero-order valence-electron chi connectivity index (χ0n) is 17.0. The molecule has 0 radical (unpaired) electrons. The molecule has 164 valence electrons. The van der Waals surface area contributed by atoms with Crippen molar-refractivity contribution in [1.82, 2.24) is 19.3 Å². The second-order valence-electron chi connectivity index (χ2n) is 7.55. The largest absolute Gasteiger partial charge is 0.326 e. The molecule has 0 aliphatic heterocycles. The number of benzene rings is 2. The third-order valence-corrected chi connectivity index (χ3v) is 7.22. The molecule has 0 atom stereocenters. The lowest BCUT2D eigenvalue weighted by Crippen LogP contribution is -2.13. The maximum Gasteiger partial charge on any atom is 0.195 e. The summed E-state index contributed by atoms with van der Waals surface area (Å²) in [6.45, 7) is 0.667. The van der Waals surface area contributed by atoms with Gasteiger partial charge in [-0.05, 0) is 36.8 Å². The molecule has 0 bridgehead atoms. The molecule has 0 fully saturated rings. The summed E-state index contributed by atoms with van der Waals surface area (Å²) in [4.78, 5) is 4.68. The average Bonchev–Trinajstić information content (AvgIpc) is 3.19. The van der Waals surface area contributed by atoms with E-state index in [2.05, 4.69) is 10.1 Å². The maximum atomic E-state index is 12.2. The van der Waals surface area contributed by atoms with Gasteiger partial charge in [0, 0.05) is 29.5 Å². The molecule has 0 amide bonds. The lowest BCUT2D eigenvalue weighted by atomic mass is 10.2. The summed E-state index contributed by atoms with van der Waals surface area (Å²) in [5.74, 6) is 0.696. The summed E-state index contributed by atoms with van der Waals surface area (Å²) < 4.78 is 51.1. The first-order chi connectivity index (χ1) is 14.5. The Bertz CT molecular complexity index is 1510. The molecular weight excluding hydrogens is 460 g/mol. The van der Waals surface area contributed by atoms with Crippen LogP contribution in [0.25, 0.3) is 21.9 Å². The van der Waals surface area contributed by atoms with Crippen molar-refractivity contribution in [2.75, 3.05) is 18.3 Å². The Kier molecular flexibility index (Phi) is 5.57. The van der Waals surface area contributed by atoms with Crippen LogP contribution in [0.1, 0.15) is 12.2 Å². The minimum absolute atomic E-state index is 0.0193. The highest BCUT2D eigenvalue weighted by Gasteiger charge is 2.20. The minimum atomic E-state index is -3.52. The second kappa shape index (κ2) is 7.92. The van der Waals surface area contributed by atoms with Gasteiger partial charge < -0.3 is 4.57 Å². The van der Waals surface area contributed by atoms with Gasteiger partial charge in [-0.25, -0.2) is 21.8 Å². The number of aromatic nitrogens is 4. The first-order valence-electron chi connectivity index (χ1n) is 9.51. The van der Waals surface area contributed by atoms with Gasteiger partial charge in [0.15, 0.2) is 14.9 Å². The van der Waals surface area contributed by atoms with E-state index >= 15 is 0 Å². The summed E-state index contributed by atoms with van der Waals surface area (Å²) >= 11 is 6.12. The van der Waals surface area contributed by atoms with E-state index in [1.807, 2.05) is 22.8 Å². The van der Waals surface area contributed by atoms with E-state index in [-0.39, 0.29) is 17.3 Å². The Morgan fingerprint density at radius 2 is 1.74 bits per heavy atom. The molecule has 2 aromatic heterocycles. The molecule has 0 unspecified atom stereocenters. The number of nitrogens with zero attached hydrogens (tertiary/aromatic N) is 4. The van der Waals surface area contributed by atoms with Gasteiger partial charge in [0.05, 0.1) is 28.8 Å². The van der Waals surface area contributed by atoms with Crippen molar-refractivity contribution in [3.63, 3.8) is 0 Å². The lowest BCUT2D eigenvalue weighted by Gasteiger charge is -2.10. The fourth-order valence-corrected chi connectivity index (χ4v) is 5.27. The van der Waals surface area contributed by atoms with Crippen LogP contribution in [0, 0.1) is 0 Å². The molecule has 31 heavy (non-hydrogen) atoms. The number of aryl methyl sites for hydroxylation is 1. The predicted octanol–water partition coefficient (Wildman–Crippen LogP) is 2.93. The maximum absolute atomic E-state index is 12.2. The number of imidazole rings is 1. The fourth-order valence-electron chi connectivity index (χ4n) is 3.63. The number of hydrogen-bond donors (Lipinski definition) is 0. The topological polar surface area (TPSA) is 104 Å². The monoisotopic (exact) mass is 480 g/mol. The van der Waals surface area contributed by atoms with Gasteiger partial charge in [0.25, 0.3) is 0 Å². The Morgan fingerprint density at radius 1 is 1.00 bits per heavy atom. The van der Waals surface area contributed by atoms with Crippen LogP contribution in [0.4, 0.5) is 0 Å². The van der Waals surface area contributed by atoms with Crippen molar-refractivity contribution in [3.8, 4) is 0 Å². The van der Waals surface area contributed by atoms with Crippen LogP contribution in [0.2, 0.25) is 5.02 Å². The standard InChI is InChI=1S/C20H21ClN4O4S2/c1-30(26,27)11-5-10-24-18-9-8-14(21)12-16(18)22-19(24)13-25-17-7-4-3-6-15(17)20(23-25)31(2,28)29/h3-4,6-9,12H,5,10-11,13H2,1-2H3. The van der Waals surface area contributed by atoms with Crippen LogP contribution in [-0.2, 0) is 32.8 Å². The van der Waals surface area contributed by atoms with Gasteiger partial charge in [-0.15, -0.1) is 0 Å². The van der Waals surface area contributed by atoms with Gasteiger partial charge in [-0.1, -0.05) is 23.7 Å². The van der Waals surface area contributed by atoms with E-state index in [1.54, 1.807) is 28.9 Å². The fraction of sp³-hybridized carbons (Fsp3) is 0.300. The predicted molar refractivity (Wildman–Crippen MR) is 121 cm³/mol. The highest BCUT2D eigenvalue weighted by atomic mass is 35.5. The third-order valence-electron chi connectivity index (χ3n) is 4.95. The van der Waals surface area contributed by atoms with E-state index in [1.165, 1.54) is 6.26 Å². The SMILES string of the molecule is CS(=O)(=O)CCCn1c(Cn2nc(S(C)(=O)=O)c3ccccc32)nc2cc(Cl)ccc21. The van der Waals surface area contributed by atoms with E-state index in [0.717, 1.165) is 11.8 Å². The Balaban J connectivity index is 1.80. The Hall–Kier alpha value is -2.43. The lowest BCUT2D eigenvalue weighted by molar-refractivity contribution is 0.573. The zero-order valence-corrected chi connectivity index (χ0v) is 19.4. The van der Waals surface area contributed by atoms with Crippen molar-refractivity contribution in [2.24, 2.45) is 0 Å². The molecular formula is C20H21ClN4O4S2. The van der Waals surface area contributed by atoms with Crippen LogP contribution in [0.15, 0.2) is 47.5 Å². The summed E-state index contributed by atoms with van der Waals surface area (Å²) in [6, 6.07) is 12.5. The molecule has 11 heteroatoms. The molecule has 2 aromatic carbocycles. The summed E-state index contributed by atoms with van der Waals surface area (Å²) in [5.41, 5.74) is 2.19. The number of rotatable bonds is 7. The molecule has 0 saturated heterocycles. The van der Waals surface area contributed by atoms with Crippen LogP contribution < -0.4 is 0 Å².